The Morgan fingerprint density at radius 1 is 1.43 bits per heavy atom. The molecular formula is C13H20ClFN2O3S. The molecule has 1 aromatic carbocycles. The third-order valence-electron chi connectivity index (χ3n) is 2.92. The SMILES string of the molecule is CCNCc1cc(S(=O)(=O)NCC(C)OC)cc(F)c1Cl. The molecule has 0 heterocycles. The Kier molecular flexibility index (Phi) is 7.02. The molecule has 1 rings (SSSR count). The van der Waals surface area contributed by atoms with Gasteiger partial charge in [-0.25, -0.2) is 17.5 Å². The summed E-state index contributed by atoms with van der Waals surface area (Å²) < 4.78 is 45.4. The molecule has 2 N–H and O–H groups in total. The molecule has 0 spiro atoms. The van der Waals surface area contributed by atoms with E-state index in [9.17, 15) is 12.8 Å². The number of benzene rings is 1. The summed E-state index contributed by atoms with van der Waals surface area (Å²) in [7, 11) is -2.33. The van der Waals surface area contributed by atoms with Crippen LogP contribution in [0.2, 0.25) is 5.02 Å². The number of nitrogens with one attached hydrogen (secondary N) is 2. The van der Waals surface area contributed by atoms with Crippen molar-refractivity contribution >= 4 is 21.6 Å². The smallest absolute Gasteiger partial charge is 0.240 e. The van der Waals surface area contributed by atoms with Crippen molar-refractivity contribution in [3.8, 4) is 0 Å². The molecule has 0 bridgehead atoms. The van der Waals surface area contributed by atoms with E-state index in [1.54, 1.807) is 6.92 Å². The van der Waals surface area contributed by atoms with Crippen molar-refractivity contribution in [2.75, 3.05) is 20.2 Å². The standard InChI is InChI=1S/C13H20ClFN2O3S/c1-4-16-8-10-5-11(6-12(15)13(10)14)21(18,19)17-7-9(2)20-3/h5-6,9,16-17H,4,7-8H2,1-3H3. The molecule has 1 unspecified atom stereocenters. The van der Waals surface area contributed by atoms with Gasteiger partial charge in [0, 0.05) is 20.2 Å². The van der Waals surface area contributed by atoms with Crippen LogP contribution in [0.4, 0.5) is 4.39 Å². The first-order valence-electron chi connectivity index (χ1n) is 6.53. The Bertz CT molecular complexity index is 581. The Labute approximate surface area is 129 Å². The first kappa shape index (κ1) is 18.3. The molecule has 0 fully saturated rings. The Morgan fingerprint density at radius 2 is 2.10 bits per heavy atom. The van der Waals surface area contributed by atoms with Gasteiger partial charge in [-0.05, 0) is 31.2 Å². The molecule has 0 aliphatic rings. The zero-order valence-electron chi connectivity index (χ0n) is 12.2. The lowest BCUT2D eigenvalue weighted by Gasteiger charge is -2.13. The summed E-state index contributed by atoms with van der Waals surface area (Å²) in [5.41, 5.74) is 0.402. The first-order chi connectivity index (χ1) is 9.81. The maximum Gasteiger partial charge on any atom is 0.240 e. The van der Waals surface area contributed by atoms with E-state index in [4.69, 9.17) is 16.3 Å². The zero-order valence-corrected chi connectivity index (χ0v) is 13.8. The van der Waals surface area contributed by atoms with Crippen LogP contribution in [0.5, 0.6) is 0 Å². The number of rotatable bonds is 8. The highest BCUT2D eigenvalue weighted by Gasteiger charge is 2.19. The van der Waals surface area contributed by atoms with E-state index in [0.29, 0.717) is 18.7 Å². The number of methoxy groups -OCH3 is 1. The third kappa shape index (κ3) is 5.19. The lowest BCUT2D eigenvalue weighted by atomic mass is 10.2. The third-order valence-corrected chi connectivity index (χ3v) is 4.74. The highest BCUT2D eigenvalue weighted by molar-refractivity contribution is 7.89. The minimum atomic E-state index is -3.81. The Morgan fingerprint density at radius 3 is 2.67 bits per heavy atom. The van der Waals surface area contributed by atoms with Gasteiger partial charge < -0.3 is 10.1 Å². The van der Waals surface area contributed by atoms with E-state index in [-0.39, 0.29) is 22.6 Å². The molecule has 0 saturated carbocycles. The van der Waals surface area contributed by atoms with Gasteiger partial charge in [0.25, 0.3) is 0 Å². The fourth-order valence-electron chi connectivity index (χ4n) is 1.56. The van der Waals surface area contributed by atoms with Crippen molar-refractivity contribution in [3.63, 3.8) is 0 Å². The van der Waals surface area contributed by atoms with Crippen LogP contribution in [-0.4, -0.2) is 34.7 Å². The minimum absolute atomic E-state index is 0.0693. The average molecular weight is 339 g/mol. The first-order valence-corrected chi connectivity index (χ1v) is 8.39. The fraction of sp³-hybridized carbons (Fsp3) is 0.538. The van der Waals surface area contributed by atoms with E-state index in [1.807, 2.05) is 6.92 Å². The molecule has 5 nitrogen and oxygen atoms in total. The molecule has 0 radical (unpaired) electrons. The molecular weight excluding hydrogens is 319 g/mol. The van der Waals surface area contributed by atoms with Crippen molar-refractivity contribution in [2.24, 2.45) is 0 Å². The molecule has 0 amide bonds. The molecule has 0 aromatic heterocycles. The van der Waals surface area contributed by atoms with Crippen LogP contribution in [0.25, 0.3) is 0 Å². The summed E-state index contributed by atoms with van der Waals surface area (Å²) in [5, 5.41) is 2.91. The van der Waals surface area contributed by atoms with Gasteiger partial charge in [-0.15, -0.1) is 0 Å². The summed E-state index contributed by atoms with van der Waals surface area (Å²) in [6.07, 6.45) is -0.279. The van der Waals surface area contributed by atoms with Gasteiger partial charge in [0.2, 0.25) is 10.0 Å². The summed E-state index contributed by atoms with van der Waals surface area (Å²) in [4.78, 5) is -0.152. The van der Waals surface area contributed by atoms with Crippen LogP contribution in [0.3, 0.4) is 0 Å². The molecule has 8 heteroatoms. The summed E-state index contributed by atoms with van der Waals surface area (Å²) >= 11 is 5.85. The van der Waals surface area contributed by atoms with Gasteiger partial charge >= 0.3 is 0 Å². The molecule has 21 heavy (non-hydrogen) atoms. The second-order valence-corrected chi connectivity index (χ2v) is 6.70. The van der Waals surface area contributed by atoms with E-state index >= 15 is 0 Å². The molecule has 0 aliphatic carbocycles. The van der Waals surface area contributed by atoms with E-state index in [0.717, 1.165) is 6.07 Å². The number of ether oxygens (including phenoxy) is 1. The summed E-state index contributed by atoms with van der Waals surface area (Å²) in [6, 6.07) is 2.28. The monoisotopic (exact) mass is 338 g/mol. The molecule has 1 aromatic rings. The van der Waals surface area contributed by atoms with Crippen molar-refractivity contribution in [1.29, 1.82) is 0 Å². The van der Waals surface area contributed by atoms with Crippen LogP contribution < -0.4 is 10.0 Å². The van der Waals surface area contributed by atoms with Gasteiger partial charge in [0.15, 0.2) is 0 Å². The topological polar surface area (TPSA) is 67.4 Å². The van der Waals surface area contributed by atoms with Crippen molar-refractivity contribution in [1.82, 2.24) is 10.0 Å². The lowest BCUT2D eigenvalue weighted by Crippen LogP contribution is -2.31. The average Bonchev–Trinajstić information content (AvgIpc) is 2.46. The van der Waals surface area contributed by atoms with Crippen molar-refractivity contribution in [2.45, 2.75) is 31.4 Å². The Balaban J connectivity index is 3.03. The van der Waals surface area contributed by atoms with Gasteiger partial charge in [-0.1, -0.05) is 18.5 Å². The van der Waals surface area contributed by atoms with Crippen LogP contribution in [-0.2, 0) is 21.3 Å². The van der Waals surface area contributed by atoms with Gasteiger partial charge in [-0.2, -0.15) is 0 Å². The van der Waals surface area contributed by atoms with Crippen LogP contribution in [0, 0.1) is 5.82 Å². The predicted octanol–water partition coefficient (Wildman–Crippen LogP) is 1.90. The maximum absolute atomic E-state index is 13.8. The van der Waals surface area contributed by atoms with Gasteiger partial charge in [0.05, 0.1) is 16.0 Å². The molecule has 0 saturated heterocycles. The second-order valence-electron chi connectivity index (χ2n) is 4.56. The van der Waals surface area contributed by atoms with Crippen LogP contribution in [0.1, 0.15) is 19.4 Å². The highest BCUT2D eigenvalue weighted by Crippen LogP contribution is 2.24. The second kappa shape index (κ2) is 8.05. The summed E-state index contributed by atoms with van der Waals surface area (Å²) in [6.45, 7) is 4.67. The summed E-state index contributed by atoms with van der Waals surface area (Å²) in [5.74, 6) is -0.757. The number of halogens is 2. The molecule has 120 valence electrons. The number of hydrogen-bond acceptors (Lipinski definition) is 4. The van der Waals surface area contributed by atoms with Gasteiger partial charge in [0.1, 0.15) is 5.82 Å². The number of hydrogen-bond donors (Lipinski definition) is 2. The quantitative estimate of drug-likeness (QED) is 0.759. The van der Waals surface area contributed by atoms with Crippen molar-refractivity contribution < 1.29 is 17.5 Å². The minimum Gasteiger partial charge on any atom is -0.380 e. The van der Waals surface area contributed by atoms with Crippen molar-refractivity contribution in [3.05, 3.63) is 28.5 Å². The highest BCUT2D eigenvalue weighted by atomic mass is 35.5. The van der Waals surface area contributed by atoms with Crippen LogP contribution >= 0.6 is 11.6 Å². The predicted molar refractivity (Wildman–Crippen MR) is 80.5 cm³/mol. The number of sulfonamides is 1. The largest absolute Gasteiger partial charge is 0.380 e. The van der Waals surface area contributed by atoms with E-state index in [2.05, 4.69) is 10.0 Å². The molecule has 1 atom stereocenters. The van der Waals surface area contributed by atoms with Gasteiger partial charge in [-0.3, -0.25) is 0 Å². The lowest BCUT2D eigenvalue weighted by molar-refractivity contribution is 0.122. The van der Waals surface area contributed by atoms with E-state index < -0.39 is 15.8 Å². The zero-order chi connectivity index (χ0) is 16.0. The maximum atomic E-state index is 13.8. The van der Waals surface area contributed by atoms with Crippen LogP contribution in [0.15, 0.2) is 17.0 Å². The van der Waals surface area contributed by atoms with E-state index in [1.165, 1.54) is 13.2 Å². The normalized spacial score (nSPS) is 13.4. The molecule has 0 aliphatic heterocycles. The fourth-order valence-corrected chi connectivity index (χ4v) is 2.91. The Hall–Kier alpha value is -0.730.